The Morgan fingerprint density at radius 1 is 1.00 bits per heavy atom. The molecular weight excluding hydrogens is 448 g/mol. The van der Waals surface area contributed by atoms with Gasteiger partial charge in [-0.2, -0.15) is 0 Å². The van der Waals surface area contributed by atoms with E-state index in [-0.39, 0.29) is 24.0 Å². The van der Waals surface area contributed by atoms with Crippen molar-refractivity contribution >= 4 is 11.9 Å². The molecule has 0 aromatic heterocycles. The summed E-state index contributed by atoms with van der Waals surface area (Å²) in [5.74, 6) is 5.14. The Balaban J connectivity index is 0.993. The first-order valence-electron chi connectivity index (χ1n) is 15.7. The Hall–Kier alpha value is -1.06. The summed E-state index contributed by atoms with van der Waals surface area (Å²) in [7, 11) is 0. The van der Waals surface area contributed by atoms with Crippen LogP contribution in [0.15, 0.2) is 0 Å². The molecule has 4 nitrogen and oxygen atoms in total. The van der Waals surface area contributed by atoms with Gasteiger partial charge in [0, 0.05) is 6.42 Å². The Bertz CT molecular complexity index is 929. The quantitative estimate of drug-likeness (QED) is 0.381. The Morgan fingerprint density at radius 2 is 1.83 bits per heavy atom. The third kappa shape index (κ3) is 3.23. The van der Waals surface area contributed by atoms with E-state index < -0.39 is 5.60 Å². The van der Waals surface area contributed by atoms with Crippen molar-refractivity contribution < 1.29 is 19.1 Å². The zero-order valence-corrected chi connectivity index (χ0v) is 22.9. The lowest BCUT2D eigenvalue weighted by Gasteiger charge is -2.61. The molecule has 0 N–H and O–H groups in total. The van der Waals surface area contributed by atoms with Crippen molar-refractivity contribution in [2.75, 3.05) is 0 Å². The van der Waals surface area contributed by atoms with Gasteiger partial charge in [0.25, 0.3) is 0 Å². The molecule has 4 unspecified atom stereocenters. The normalized spacial score (nSPS) is 53.4. The predicted molar refractivity (Wildman–Crippen MR) is 138 cm³/mol. The van der Waals surface area contributed by atoms with Crippen molar-refractivity contribution in [3.05, 3.63) is 0 Å². The van der Waals surface area contributed by atoms with Crippen LogP contribution in [0.5, 0.6) is 0 Å². The molecule has 200 valence electrons. The second-order valence-electron chi connectivity index (χ2n) is 15.1. The molecule has 6 aliphatic carbocycles. The Morgan fingerprint density at radius 3 is 2.67 bits per heavy atom. The largest absolute Gasteiger partial charge is 0.458 e. The molecular formula is C32H48O4. The van der Waals surface area contributed by atoms with Crippen LogP contribution in [0.3, 0.4) is 0 Å². The van der Waals surface area contributed by atoms with E-state index in [1.54, 1.807) is 0 Å². The first kappa shape index (κ1) is 24.0. The molecule has 1 aliphatic heterocycles. The summed E-state index contributed by atoms with van der Waals surface area (Å²) in [6, 6.07) is 0. The standard InChI is InChI=1S/C32H48O4/c1-19(7-12-28(33)36-32-18-20-16-26(32)29(34)35-27(32)17-20)23-10-11-24-22-9-8-21-6-4-5-14-30(21,2)25(22)13-15-31(23,24)3/h19-27H,4-18H2,1-3H3/t19-,20?,21+,22+,23-,24+,25+,26?,27?,30+,31-,32?/m1/s1. The van der Waals surface area contributed by atoms with Crippen LogP contribution in [0.4, 0.5) is 0 Å². The number of carbonyl (C=O) groups is 2. The van der Waals surface area contributed by atoms with E-state index >= 15 is 0 Å². The zero-order chi connectivity index (χ0) is 24.9. The highest BCUT2D eigenvalue weighted by atomic mass is 16.6. The van der Waals surface area contributed by atoms with Gasteiger partial charge in [-0.15, -0.1) is 0 Å². The van der Waals surface area contributed by atoms with Gasteiger partial charge >= 0.3 is 11.9 Å². The summed E-state index contributed by atoms with van der Waals surface area (Å²) >= 11 is 0. The summed E-state index contributed by atoms with van der Waals surface area (Å²) in [6.45, 7) is 7.72. The Kier molecular flexibility index (Phi) is 5.48. The first-order chi connectivity index (χ1) is 17.2. The predicted octanol–water partition coefficient (Wildman–Crippen LogP) is 7.09. The fourth-order valence-corrected chi connectivity index (χ4v) is 12.2. The van der Waals surface area contributed by atoms with Crippen LogP contribution in [-0.2, 0) is 19.1 Å². The highest BCUT2D eigenvalue weighted by Gasteiger charge is 2.70. The minimum Gasteiger partial charge on any atom is -0.458 e. The van der Waals surface area contributed by atoms with Gasteiger partial charge in [0.15, 0.2) is 5.60 Å². The topological polar surface area (TPSA) is 52.6 Å². The number of fused-ring (bicyclic) bond motifs is 6. The van der Waals surface area contributed by atoms with E-state index in [1.165, 1.54) is 64.2 Å². The summed E-state index contributed by atoms with van der Waals surface area (Å²) in [4.78, 5) is 25.3. The van der Waals surface area contributed by atoms with Crippen molar-refractivity contribution in [1.82, 2.24) is 0 Å². The summed E-state index contributed by atoms with van der Waals surface area (Å²) < 4.78 is 11.7. The molecule has 7 aliphatic rings. The fourth-order valence-electron chi connectivity index (χ4n) is 12.2. The highest BCUT2D eigenvalue weighted by molar-refractivity contribution is 5.80. The van der Waals surface area contributed by atoms with Crippen LogP contribution in [0.2, 0.25) is 0 Å². The van der Waals surface area contributed by atoms with Crippen LogP contribution >= 0.6 is 0 Å². The number of rotatable bonds is 5. The molecule has 0 radical (unpaired) electrons. The number of esters is 2. The van der Waals surface area contributed by atoms with Crippen LogP contribution in [-0.4, -0.2) is 23.6 Å². The van der Waals surface area contributed by atoms with Crippen molar-refractivity contribution in [2.45, 2.75) is 129 Å². The van der Waals surface area contributed by atoms with E-state index in [4.69, 9.17) is 9.47 Å². The van der Waals surface area contributed by atoms with Gasteiger partial charge in [-0.1, -0.05) is 33.6 Å². The second kappa shape index (κ2) is 8.22. The Labute approximate surface area is 218 Å². The van der Waals surface area contributed by atoms with Gasteiger partial charge < -0.3 is 9.47 Å². The van der Waals surface area contributed by atoms with E-state index in [1.807, 2.05) is 0 Å². The maximum absolute atomic E-state index is 13.1. The smallest absolute Gasteiger partial charge is 0.313 e. The van der Waals surface area contributed by atoms with Gasteiger partial charge in [-0.3, -0.25) is 9.59 Å². The number of hydrogen-bond acceptors (Lipinski definition) is 4. The lowest BCUT2D eigenvalue weighted by Crippen LogP contribution is -2.53. The molecule has 36 heavy (non-hydrogen) atoms. The van der Waals surface area contributed by atoms with Crippen molar-refractivity contribution in [3.8, 4) is 0 Å². The van der Waals surface area contributed by atoms with E-state index in [0.717, 1.165) is 55.3 Å². The molecule has 7 rings (SSSR count). The minimum absolute atomic E-state index is 0.0929. The zero-order valence-electron chi connectivity index (χ0n) is 22.9. The summed E-state index contributed by atoms with van der Waals surface area (Å²) in [5.41, 5.74) is 0.433. The molecule has 0 aromatic carbocycles. The molecule has 1 saturated heterocycles. The molecule has 0 aromatic rings. The molecule has 6 saturated carbocycles. The van der Waals surface area contributed by atoms with Gasteiger partial charge in [-0.05, 0) is 129 Å². The average molecular weight is 497 g/mol. The highest BCUT2D eigenvalue weighted by Crippen LogP contribution is 2.68. The average Bonchev–Trinajstić information content (AvgIpc) is 3.51. The number of hydrogen-bond donors (Lipinski definition) is 0. The van der Waals surface area contributed by atoms with Crippen molar-refractivity contribution in [2.24, 2.45) is 58.2 Å². The van der Waals surface area contributed by atoms with Gasteiger partial charge in [0.05, 0.1) is 0 Å². The van der Waals surface area contributed by atoms with E-state index in [0.29, 0.717) is 29.1 Å². The van der Waals surface area contributed by atoms with Crippen LogP contribution < -0.4 is 0 Å². The van der Waals surface area contributed by atoms with E-state index in [2.05, 4.69) is 20.8 Å². The molecule has 4 heteroatoms. The first-order valence-corrected chi connectivity index (χ1v) is 15.7. The number of carbonyl (C=O) groups excluding carboxylic acids is 2. The molecule has 0 spiro atoms. The number of ether oxygens (including phenoxy) is 2. The molecule has 7 fully saturated rings. The third-order valence-corrected chi connectivity index (χ3v) is 13.9. The summed E-state index contributed by atoms with van der Waals surface area (Å²) in [5, 5.41) is 0. The van der Waals surface area contributed by atoms with Crippen LogP contribution in [0.1, 0.15) is 117 Å². The molecule has 1 heterocycles. The van der Waals surface area contributed by atoms with Gasteiger partial charge in [0.1, 0.15) is 12.0 Å². The fraction of sp³-hybridized carbons (Fsp3) is 0.938. The van der Waals surface area contributed by atoms with Crippen LogP contribution in [0, 0.1) is 58.2 Å². The summed E-state index contributed by atoms with van der Waals surface area (Å²) in [6.07, 6.45) is 18.2. The van der Waals surface area contributed by atoms with Gasteiger partial charge in [0.2, 0.25) is 0 Å². The minimum atomic E-state index is -0.626. The van der Waals surface area contributed by atoms with Gasteiger partial charge in [-0.25, -0.2) is 0 Å². The SMILES string of the molecule is C[C@H](CCC(=O)OC12CC3CC1OC(=O)C2C3)[C@H]1CC[C@H]2[C@@H]3CC[C@@H]4CCCC[C@]4(C)[C@H]3CC[C@]12C. The van der Waals surface area contributed by atoms with Crippen molar-refractivity contribution in [3.63, 3.8) is 0 Å². The molecule has 2 bridgehead atoms. The molecule has 12 atom stereocenters. The molecule has 0 amide bonds. The third-order valence-electron chi connectivity index (χ3n) is 13.9. The lowest BCUT2D eigenvalue weighted by molar-refractivity contribution is -0.166. The maximum Gasteiger partial charge on any atom is 0.313 e. The maximum atomic E-state index is 13.1. The van der Waals surface area contributed by atoms with Crippen molar-refractivity contribution in [1.29, 1.82) is 0 Å². The monoisotopic (exact) mass is 496 g/mol. The van der Waals surface area contributed by atoms with Crippen LogP contribution in [0.25, 0.3) is 0 Å². The second-order valence-corrected chi connectivity index (χ2v) is 15.1. The van der Waals surface area contributed by atoms with E-state index in [9.17, 15) is 9.59 Å². The lowest BCUT2D eigenvalue weighted by atomic mass is 9.44.